The minimum Gasteiger partial charge on any atom is -0.467 e. The first-order valence-corrected chi connectivity index (χ1v) is 10.1. The Hall–Kier alpha value is -2.48. The summed E-state index contributed by atoms with van der Waals surface area (Å²) >= 11 is 1.41. The molecule has 8 heteroatoms. The van der Waals surface area contributed by atoms with Crippen molar-refractivity contribution in [2.75, 3.05) is 12.3 Å². The smallest absolute Gasteiger partial charge is 0.233 e. The van der Waals surface area contributed by atoms with Crippen molar-refractivity contribution < 1.29 is 13.6 Å². The average molecular weight is 386 g/mol. The molecule has 0 N–H and O–H groups in total. The minimum atomic E-state index is 0.152. The third kappa shape index (κ3) is 3.95. The first kappa shape index (κ1) is 17.9. The molecular formula is C19H22N4O3S. The van der Waals surface area contributed by atoms with Crippen molar-refractivity contribution in [2.24, 2.45) is 0 Å². The number of piperidine rings is 1. The molecule has 0 aliphatic carbocycles. The van der Waals surface area contributed by atoms with Crippen LogP contribution in [0.25, 0.3) is 11.6 Å². The highest BCUT2D eigenvalue weighted by molar-refractivity contribution is 7.99. The predicted molar refractivity (Wildman–Crippen MR) is 101 cm³/mol. The lowest BCUT2D eigenvalue weighted by Gasteiger charge is -2.33. The number of nitrogens with zero attached hydrogens (tertiary/aromatic N) is 4. The number of aromatic nitrogens is 3. The number of rotatable bonds is 6. The van der Waals surface area contributed by atoms with Crippen LogP contribution in [-0.2, 0) is 11.3 Å². The van der Waals surface area contributed by atoms with Gasteiger partial charge in [0.15, 0.2) is 10.9 Å². The molecule has 4 rings (SSSR count). The molecule has 1 atom stereocenters. The lowest BCUT2D eigenvalue weighted by Crippen LogP contribution is -2.43. The Morgan fingerprint density at radius 2 is 2.07 bits per heavy atom. The zero-order valence-corrected chi connectivity index (χ0v) is 16.0. The summed E-state index contributed by atoms with van der Waals surface area (Å²) in [4.78, 5) is 14.6. The first-order chi connectivity index (χ1) is 13.2. The van der Waals surface area contributed by atoms with Gasteiger partial charge in [0.1, 0.15) is 5.76 Å². The van der Waals surface area contributed by atoms with Crippen LogP contribution in [0.3, 0.4) is 0 Å². The maximum Gasteiger partial charge on any atom is 0.233 e. The van der Waals surface area contributed by atoms with E-state index in [9.17, 15) is 4.79 Å². The highest BCUT2D eigenvalue weighted by atomic mass is 32.2. The molecule has 3 aromatic heterocycles. The van der Waals surface area contributed by atoms with Crippen LogP contribution in [-0.4, -0.2) is 43.9 Å². The number of likely N-dealkylation sites (tertiary alicyclic amines) is 1. The van der Waals surface area contributed by atoms with Gasteiger partial charge in [0.05, 0.1) is 24.8 Å². The van der Waals surface area contributed by atoms with E-state index in [2.05, 4.69) is 17.1 Å². The largest absolute Gasteiger partial charge is 0.467 e. The zero-order valence-electron chi connectivity index (χ0n) is 15.2. The van der Waals surface area contributed by atoms with Crippen molar-refractivity contribution in [2.45, 2.75) is 43.9 Å². The Morgan fingerprint density at radius 1 is 1.22 bits per heavy atom. The first-order valence-electron chi connectivity index (χ1n) is 9.14. The van der Waals surface area contributed by atoms with E-state index in [0.717, 1.165) is 25.1 Å². The van der Waals surface area contributed by atoms with Crippen LogP contribution in [0.15, 0.2) is 50.8 Å². The molecule has 0 aromatic carbocycles. The van der Waals surface area contributed by atoms with Gasteiger partial charge in [0, 0.05) is 12.6 Å². The molecule has 1 aliphatic rings. The van der Waals surface area contributed by atoms with E-state index in [1.807, 2.05) is 33.7 Å². The van der Waals surface area contributed by atoms with Gasteiger partial charge < -0.3 is 13.7 Å². The summed E-state index contributed by atoms with van der Waals surface area (Å²) in [5.41, 5.74) is 0. The molecule has 0 radical (unpaired) electrons. The van der Waals surface area contributed by atoms with Crippen LogP contribution in [0, 0.1) is 0 Å². The van der Waals surface area contributed by atoms with Crippen LogP contribution < -0.4 is 0 Å². The van der Waals surface area contributed by atoms with Crippen molar-refractivity contribution in [3.05, 3.63) is 42.6 Å². The minimum absolute atomic E-state index is 0.152. The second kappa shape index (κ2) is 8.04. The molecule has 0 bridgehead atoms. The van der Waals surface area contributed by atoms with Crippen LogP contribution in [0.4, 0.5) is 0 Å². The van der Waals surface area contributed by atoms with Crippen molar-refractivity contribution in [3.8, 4) is 11.6 Å². The molecular weight excluding hydrogens is 364 g/mol. The van der Waals surface area contributed by atoms with Crippen LogP contribution in [0.1, 0.15) is 31.9 Å². The Bertz CT molecular complexity index is 873. The topological polar surface area (TPSA) is 77.3 Å². The number of hydrogen-bond donors (Lipinski definition) is 0. The summed E-state index contributed by atoms with van der Waals surface area (Å²) in [5, 5.41) is 9.25. The summed E-state index contributed by atoms with van der Waals surface area (Å²) in [6, 6.07) is 7.72. The van der Waals surface area contributed by atoms with Gasteiger partial charge in [-0.15, -0.1) is 10.2 Å². The third-order valence-corrected chi connectivity index (χ3v) is 5.75. The van der Waals surface area contributed by atoms with E-state index >= 15 is 0 Å². The van der Waals surface area contributed by atoms with Gasteiger partial charge in [-0.25, -0.2) is 0 Å². The van der Waals surface area contributed by atoms with Gasteiger partial charge >= 0.3 is 0 Å². The van der Waals surface area contributed by atoms with Crippen LogP contribution in [0.2, 0.25) is 0 Å². The van der Waals surface area contributed by atoms with E-state index in [0.29, 0.717) is 35.1 Å². The number of carbonyl (C=O) groups is 1. The molecule has 142 valence electrons. The van der Waals surface area contributed by atoms with E-state index in [1.54, 1.807) is 12.5 Å². The van der Waals surface area contributed by atoms with Gasteiger partial charge in [-0.1, -0.05) is 11.8 Å². The monoisotopic (exact) mass is 386 g/mol. The summed E-state index contributed by atoms with van der Waals surface area (Å²) < 4.78 is 12.9. The summed E-state index contributed by atoms with van der Waals surface area (Å²) in [7, 11) is 0. The number of carbonyl (C=O) groups excluding carboxylic acids is 1. The quantitative estimate of drug-likeness (QED) is 0.602. The predicted octanol–water partition coefficient (Wildman–Crippen LogP) is 3.67. The fourth-order valence-corrected chi connectivity index (χ4v) is 4.19. The SMILES string of the molecule is CC1CCCCN1C(=O)CSc1nnc(-c2ccco2)n1Cc1ccco1. The van der Waals surface area contributed by atoms with Crippen molar-refractivity contribution in [1.29, 1.82) is 0 Å². The highest BCUT2D eigenvalue weighted by Crippen LogP contribution is 2.26. The summed E-state index contributed by atoms with van der Waals surface area (Å²) in [5.74, 6) is 2.55. The van der Waals surface area contributed by atoms with Gasteiger partial charge in [-0.2, -0.15) is 0 Å². The third-order valence-electron chi connectivity index (χ3n) is 4.80. The van der Waals surface area contributed by atoms with Gasteiger partial charge in [0.2, 0.25) is 11.7 Å². The molecule has 1 aliphatic heterocycles. The second-order valence-corrected chi connectivity index (χ2v) is 7.61. The fraction of sp³-hybridized carbons (Fsp3) is 0.421. The Morgan fingerprint density at radius 3 is 2.81 bits per heavy atom. The van der Waals surface area contributed by atoms with E-state index in [1.165, 1.54) is 18.2 Å². The summed E-state index contributed by atoms with van der Waals surface area (Å²) in [6.07, 6.45) is 6.60. The number of amides is 1. The van der Waals surface area contributed by atoms with E-state index in [-0.39, 0.29) is 5.91 Å². The van der Waals surface area contributed by atoms with Crippen molar-refractivity contribution in [1.82, 2.24) is 19.7 Å². The van der Waals surface area contributed by atoms with Gasteiger partial charge in [-0.3, -0.25) is 9.36 Å². The Kier molecular flexibility index (Phi) is 5.33. The standard InChI is InChI=1S/C19H22N4O3S/c1-14-6-2-3-9-22(14)17(24)13-27-19-21-20-18(16-8-5-11-26-16)23(19)12-15-7-4-10-25-15/h4-5,7-8,10-11,14H,2-3,6,9,12-13H2,1H3. The molecule has 27 heavy (non-hydrogen) atoms. The average Bonchev–Trinajstić information content (AvgIpc) is 3.43. The summed E-state index contributed by atoms with van der Waals surface area (Å²) in [6.45, 7) is 3.44. The molecule has 7 nitrogen and oxygen atoms in total. The maximum atomic E-state index is 12.7. The molecule has 0 spiro atoms. The van der Waals surface area contributed by atoms with E-state index in [4.69, 9.17) is 8.83 Å². The molecule has 1 amide bonds. The molecule has 1 unspecified atom stereocenters. The molecule has 1 saturated heterocycles. The normalized spacial score (nSPS) is 17.4. The number of furan rings is 2. The second-order valence-electron chi connectivity index (χ2n) is 6.67. The molecule has 0 saturated carbocycles. The molecule has 1 fully saturated rings. The Balaban J connectivity index is 1.52. The van der Waals surface area contributed by atoms with E-state index < -0.39 is 0 Å². The van der Waals surface area contributed by atoms with Crippen molar-refractivity contribution >= 4 is 17.7 Å². The van der Waals surface area contributed by atoms with Crippen LogP contribution >= 0.6 is 11.8 Å². The zero-order chi connectivity index (χ0) is 18.6. The number of thioether (sulfide) groups is 1. The van der Waals surface area contributed by atoms with Crippen LogP contribution in [0.5, 0.6) is 0 Å². The Labute approximate surface area is 161 Å². The van der Waals surface area contributed by atoms with Crippen molar-refractivity contribution in [3.63, 3.8) is 0 Å². The maximum absolute atomic E-state index is 12.7. The molecule has 3 aromatic rings. The van der Waals surface area contributed by atoms with Gasteiger partial charge in [0.25, 0.3) is 0 Å². The molecule has 4 heterocycles. The van der Waals surface area contributed by atoms with Gasteiger partial charge in [-0.05, 0) is 50.5 Å². The number of hydrogen-bond acceptors (Lipinski definition) is 6. The lowest BCUT2D eigenvalue weighted by atomic mass is 10.0. The fourth-order valence-electron chi connectivity index (χ4n) is 3.36. The highest BCUT2D eigenvalue weighted by Gasteiger charge is 2.24. The lowest BCUT2D eigenvalue weighted by molar-refractivity contribution is -0.131.